The minimum Gasteiger partial charge on any atom is -0.477 e. The minimum atomic E-state index is 0.500. The van der Waals surface area contributed by atoms with E-state index in [9.17, 15) is 0 Å². The zero-order chi connectivity index (χ0) is 14.5. The maximum absolute atomic E-state index is 5.75. The molecule has 0 bridgehead atoms. The van der Waals surface area contributed by atoms with Crippen LogP contribution in [0.25, 0.3) is 0 Å². The lowest BCUT2D eigenvalue weighted by atomic mass is 10.2. The molecule has 1 aliphatic rings. The molecule has 5 heteroatoms. The van der Waals surface area contributed by atoms with Crippen LogP contribution in [-0.4, -0.2) is 48.7 Å². The van der Waals surface area contributed by atoms with Crippen molar-refractivity contribution in [1.29, 1.82) is 0 Å². The predicted octanol–water partition coefficient (Wildman–Crippen LogP) is 2.36. The second kappa shape index (κ2) is 6.88. The number of aromatic nitrogens is 2. The standard InChI is InChI=1S/C15H26N4O/c1-11(2)10-20-14-9-13(16-7-8-19(3)4)17-15(18-14)12-5-6-12/h9,11-12H,5-8,10H2,1-4H3,(H,16,17,18). The second-order valence-corrected chi connectivity index (χ2v) is 6.16. The number of hydrogen-bond donors (Lipinski definition) is 1. The molecule has 1 aromatic heterocycles. The highest BCUT2D eigenvalue weighted by Gasteiger charge is 2.27. The Morgan fingerprint density at radius 1 is 1.35 bits per heavy atom. The van der Waals surface area contributed by atoms with Gasteiger partial charge in [-0.3, -0.25) is 0 Å². The monoisotopic (exact) mass is 278 g/mol. The van der Waals surface area contributed by atoms with Crippen LogP contribution in [0.2, 0.25) is 0 Å². The lowest BCUT2D eigenvalue weighted by molar-refractivity contribution is 0.260. The first-order chi connectivity index (χ1) is 9.54. The van der Waals surface area contributed by atoms with Crippen LogP contribution >= 0.6 is 0 Å². The molecule has 1 fully saturated rings. The highest BCUT2D eigenvalue weighted by atomic mass is 16.5. The van der Waals surface area contributed by atoms with Crippen molar-refractivity contribution in [2.24, 2.45) is 5.92 Å². The summed E-state index contributed by atoms with van der Waals surface area (Å²) in [6.07, 6.45) is 2.40. The van der Waals surface area contributed by atoms with Gasteiger partial charge in [-0.25, -0.2) is 4.98 Å². The van der Waals surface area contributed by atoms with Crippen molar-refractivity contribution in [3.63, 3.8) is 0 Å². The zero-order valence-corrected chi connectivity index (χ0v) is 13.0. The molecule has 1 saturated carbocycles. The highest BCUT2D eigenvalue weighted by Crippen LogP contribution is 2.39. The third kappa shape index (κ3) is 4.96. The van der Waals surface area contributed by atoms with Crippen molar-refractivity contribution < 1.29 is 4.74 Å². The van der Waals surface area contributed by atoms with Gasteiger partial charge in [0.1, 0.15) is 11.6 Å². The summed E-state index contributed by atoms with van der Waals surface area (Å²) >= 11 is 0. The number of rotatable bonds is 8. The molecule has 1 heterocycles. The zero-order valence-electron chi connectivity index (χ0n) is 13.0. The number of nitrogens with one attached hydrogen (secondary N) is 1. The summed E-state index contributed by atoms with van der Waals surface area (Å²) in [5.74, 6) is 3.54. The first kappa shape index (κ1) is 15.0. The van der Waals surface area contributed by atoms with Crippen LogP contribution in [0, 0.1) is 5.92 Å². The first-order valence-corrected chi connectivity index (χ1v) is 7.45. The summed E-state index contributed by atoms with van der Waals surface area (Å²) in [7, 11) is 4.13. The molecule has 1 aliphatic carbocycles. The van der Waals surface area contributed by atoms with Crippen molar-refractivity contribution in [3.05, 3.63) is 11.9 Å². The Hall–Kier alpha value is -1.36. The maximum Gasteiger partial charge on any atom is 0.218 e. The van der Waals surface area contributed by atoms with Gasteiger partial charge in [-0.15, -0.1) is 0 Å². The van der Waals surface area contributed by atoms with E-state index in [0.29, 0.717) is 24.3 Å². The van der Waals surface area contributed by atoms with Gasteiger partial charge in [0.05, 0.1) is 6.61 Å². The molecule has 5 nitrogen and oxygen atoms in total. The predicted molar refractivity (Wildman–Crippen MR) is 81.4 cm³/mol. The average Bonchev–Trinajstić information content (AvgIpc) is 3.20. The van der Waals surface area contributed by atoms with E-state index in [0.717, 1.165) is 24.7 Å². The third-order valence-electron chi connectivity index (χ3n) is 3.09. The van der Waals surface area contributed by atoms with Gasteiger partial charge < -0.3 is 15.0 Å². The lowest BCUT2D eigenvalue weighted by Gasteiger charge is -2.13. The van der Waals surface area contributed by atoms with Gasteiger partial charge in [0, 0.05) is 25.1 Å². The van der Waals surface area contributed by atoms with E-state index < -0.39 is 0 Å². The van der Waals surface area contributed by atoms with Crippen molar-refractivity contribution in [3.8, 4) is 5.88 Å². The Bertz CT molecular complexity index is 430. The molecular formula is C15H26N4O. The van der Waals surface area contributed by atoms with Gasteiger partial charge in [0.15, 0.2) is 0 Å². The molecule has 0 aromatic carbocycles. The Morgan fingerprint density at radius 3 is 2.70 bits per heavy atom. The summed E-state index contributed by atoms with van der Waals surface area (Å²) in [5, 5.41) is 3.35. The van der Waals surface area contributed by atoms with Crippen molar-refractivity contribution >= 4 is 5.82 Å². The van der Waals surface area contributed by atoms with Crippen molar-refractivity contribution in [2.45, 2.75) is 32.6 Å². The van der Waals surface area contributed by atoms with Gasteiger partial charge in [-0.2, -0.15) is 4.98 Å². The Morgan fingerprint density at radius 2 is 2.10 bits per heavy atom. The quantitative estimate of drug-likeness (QED) is 0.791. The van der Waals surface area contributed by atoms with E-state index >= 15 is 0 Å². The van der Waals surface area contributed by atoms with Gasteiger partial charge >= 0.3 is 0 Å². The molecule has 0 saturated heterocycles. The molecule has 0 aliphatic heterocycles. The van der Waals surface area contributed by atoms with Crippen LogP contribution in [0.1, 0.15) is 38.4 Å². The van der Waals surface area contributed by atoms with Crippen LogP contribution in [0.15, 0.2) is 6.07 Å². The van der Waals surface area contributed by atoms with Crippen LogP contribution in [-0.2, 0) is 0 Å². The molecule has 1 N–H and O–H groups in total. The van der Waals surface area contributed by atoms with E-state index in [1.54, 1.807) is 0 Å². The van der Waals surface area contributed by atoms with Gasteiger partial charge in [0.25, 0.3) is 0 Å². The number of hydrogen-bond acceptors (Lipinski definition) is 5. The SMILES string of the molecule is CC(C)COc1cc(NCCN(C)C)nc(C2CC2)n1. The topological polar surface area (TPSA) is 50.3 Å². The van der Waals surface area contributed by atoms with Crippen LogP contribution in [0.5, 0.6) is 5.88 Å². The fourth-order valence-corrected chi connectivity index (χ4v) is 1.79. The van der Waals surface area contributed by atoms with Gasteiger partial charge in [-0.1, -0.05) is 13.8 Å². The van der Waals surface area contributed by atoms with Crippen molar-refractivity contribution in [2.75, 3.05) is 39.1 Å². The molecule has 0 spiro atoms. The Labute approximate surface area is 121 Å². The number of anilines is 1. The van der Waals surface area contributed by atoms with E-state index in [1.807, 2.05) is 6.07 Å². The molecule has 2 rings (SSSR count). The number of likely N-dealkylation sites (N-methyl/N-ethyl adjacent to an activating group) is 1. The normalized spacial score (nSPS) is 14.9. The Balaban J connectivity index is 2.01. The molecule has 20 heavy (non-hydrogen) atoms. The Kier molecular flexibility index (Phi) is 5.17. The van der Waals surface area contributed by atoms with Crippen LogP contribution in [0.3, 0.4) is 0 Å². The van der Waals surface area contributed by atoms with E-state index in [1.165, 1.54) is 12.8 Å². The highest BCUT2D eigenvalue weighted by molar-refractivity contribution is 5.39. The molecule has 112 valence electrons. The summed E-state index contributed by atoms with van der Waals surface area (Å²) in [6, 6.07) is 1.91. The lowest BCUT2D eigenvalue weighted by Crippen LogP contribution is -2.21. The fraction of sp³-hybridized carbons (Fsp3) is 0.733. The van der Waals surface area contributed by atoms with E-state index in [4.69, 9.17) is 4.74 Å². The smallest absolute Gasteiger partial charge is 0.218 e. The van der Waals surface area contributed by atoms with E-state index in [-0.39, 0.29) is 0 Å². The maximum atomic E-state index is 5.75. The fourth-order valence-electron chi connectivity index (χ4n) is 1.79. The van der Waals surface area contributed by atoms with Gasteiger partial charge in [0.2, 0.25) is 5.88 Å². The summed E-state index contributed by atoms with van der Waals surface area (Å²) in [5.41, 5.74) is 0. The molecule has 0 unspecified atom stereocenters. The third-order valence-corrected chi connectivity index (χ3v) is 3.09. The van der Waals surface area contributed by atoms with Crippen LogP contribution < -0.4 is 10.1 Å². The number of nitrogens with zero attached hydrogens (tertiary/aromatic N) is 3. The second-order valence-electron chi connectivity index (χ2n) is 6.16. The van der Waals surface area contributed by atoms with Gasteiger partial charge in [-0.05, 0) is 32.9 Å². The number of ether oxygens (including phenoxy) is 1. The summed E-state index contributed by atoms with van der Waals surface area (Å²) in [4.78, 5) is 11.3. The first-order valence-electron chi connectivity index (χ1n) is 7.45. The van der Waals surface area contributed by atoms with E-state index in [2.05, 4.69) is 48.1 Å². The van der Waals surface area contributed by atoms with Crippen molar-refractivity contribution in [1.82, 2.24) is 14.9 Å². The molecular weight excluding hydrogens is 252 g/mol. The summed E-state index contributed by atoms with van der Waals surface area (Å²) in [6.45, 7) is 6.82. The molecule has 0 atom stereocenters. The molecule has 0 amide bonds. The average molecular weight is 278 g/mol. The molecule has 0 radical (unpaired) electrons. The minimum absolute atomic E-state index is 0.500. The van der Waals surface area contributed by atoms with Crippen LogP contribution in [0.4, 0.5) is 5.82 Å². The molecule has 1 aromatic rings. The largest absolute Gasteiger partial charge is 0.477 e. The summed E-state index contributed by atoms with van der Waals surface area (Å²) < 4.78 is 5.75.